The highest BCUT2D eigenvalue weighted by molar-refractivity contribution is 7.09. The summed E-state index contributed by atoms with van der Waals surface area (Å²) in [7, 11) is 0. The average molecular weight is 344 g/mol. The first-order valence-corrected chi connectivity index (χ1v) is 9.73. The molecule has 2 saturated heterocycles. The third-order valence-corrected chi connectivity index (χ3v) is 6.33. The lowest BCUT2D eigenvalue weighted by atomic mass is 9.83. The molecule has 2 aromatic rings. The highest BCUT2D eigenvalue weighted by atomic mass is 32.1. The monoisotopic (exact) mass is 344 g/mol. The molecule has 0 aliphatic carbocycles. The lowest BCUT2D eigenvalue weighted by molar-refractivity contribution is -0.141. The summed E-state index contributed by atoms with van der Waals surface area (Å²) < 4.78 is 5.18. The predicted molar refractivity (Wildman–Crippen MR) is 94.9 cm³/mol. The van der Waals surface area contributed by atoms with Gasteiger partial charge in [-0.2, -0.15) is 0 Å². The van der Waals surface area contributed by atoms with Gasteiger partial charge in [0.1, 0.15) is 0 Å². The number of hydrogen-bond donors (Lipinski definition) is 0. The molecular formula is C19H24N2O2S. The molecule has 0 N–H and O–H groups in total. The Morgan fingerprint density at radius 1 is 1.29 bits per heavy atom. The second-order valence-electron chi connectivity index (χ2n) is 6.94. The van der Waals surface area contributed by atoms with E-state index in [0.29, 0.717) is 24.3 Å². The maximum Gasteiger partial charge on any atom is 0.222 e. The number of rotatable bonds is 5. The lowest BCUT2D eigenvalue weighted by Gasteiger charge is -2.47. The van der Waals surface area contributed by atoms with Crippen molar-refractivity contribution in [3.05, 3.63) is 46.5 Å². The van der Waals surface area contributed by atoms with Gasteiger partial charge < -0.3 is 9.32 Å². The van der Waals surface area contributed by atoms with E-state index < -0.39 is 0 Å². The van der Waals surface area contributed by atoms with Gasteiger partial charge in [-0.3, -0.25) is 9.69 Å². The van der Waals surface area contributed by atoms with Crippen LogP contribution in [0.3, 0.4) is 0 Å². The smallest absolute Gasteiger partial charge is 0.222 e. The fraction of sp³-hybridized carbons (Fsp3) is 0.526. The van der Waals surface area contributed by atoms with Crippen LogP contribution in [0.1, 0.15) is 29.7 Å². The zero-order valence-corrected chi connectivity index (χ0v) is 14.7. The molecule has 4 rings (SSSR count). The first-order chi connectivity index (χ1) is 11.8. The van der Waals surface area contributed by atoms with E-state index in [1.165, 1.54) is 10.4 Å². The number of likely N-dealkylation sites (tertiary alicyclic amines) is 2. The van der Waals surface area contributed by atoms with Gasteiger partial charge in [0.05, 0.1) is 12.5 Å². The van der Waals surface area contributed by atoms with E-state index in [4.69, 9.17) is 4.42 Å². The van der Waals surface area contributed by atoms with Crippen molar-refractivity contribution in [3.63, 3.8) is 0 Å². The Bertz CT molecular complexity index is 653. The Balaban J connectivity index is 1.37. The molecule has 128 valence electrons. The minimum Gasteiger partial charge on any atom is -0.472 e. The maximum absolute atomic E-state index is 12.4. The number of nitrogens with zero attached hydrogens (tertiary/aromatic N) is 2. The number of thiophene rings is 1. The van der Waals surface area contributed by atoms with Gasteiger partial charge in [0.2, 0.25) is 5.91 Å². The summed E-state index contributed by atoms with van der Waals surface area (Å²) in [6.45, 7) is 4.00. The van der Waals surface area contributed by atoms with E-state index in [9.17, 15) is 4.79 Å². The molecule has 0 spiro atoms. The van der Waals surface area contributed by atoms with Gasteiger partial charge in [-0.25, -0.2) is 0 Å². The van der Waals surface area contributed by atoms with Gasteiger partial charge in [0, 0.05) is 49.1 Å². The summed E-state index contributed by atoms with van der Waals surface area (Å²) in [4.78, 5) is 18.5. The topological polar surface area (TPSA) is 36.7 Å². The first kappa shape index (κ1) is 15.9. The summed E-state index contributed by atoms with van der Waals surface area (Å²) in [5.41, 5.74) is 1.25. The van der Waals surface area contributed by atoms with Crippen LogP contribution >= 0.6 is 11.3 Å². The Kier molecular flexibility index (Phi) is 4.72. The molecule has 4 nitrogen and oxygen atoms in total. The van der Waals surface area contributed by atoms with Crippen molar-refractivity contribution in [3.8, 4) is 0 Å². The molecule has 0 aromatic carbocycles. The van der Waals surface area contributed by atoms with E-state index in [-0.39, 0.29) is 0 Å². The second-order valence-corrected chi connectivity index (χ2v) is 7.97. The molecule has 4 heterocycles. The average Bonchev–Trinajstić information content (AvgIpc) is 3.28. The van der Waals surface area contributed by atoms with Gasteiger partial charge in [0.15, 0.2) is 0 Å². The largest absolute Gasteiger partial charge is 0.472 e. The Morgan fingerprint density at radius 2 is 2.25 bits per heavy atom. The number of carbonyl (C=O) groups excluding carboxylic acids is 1. The van der Waals surface area contributed by atoms with Crippen molar-refractivity contribution < 1.29 is 9.21 Å². The minimum atomic E-state index is 0.357. The molecule has 24 heavy (non-hydrogen) atoms. The molecule has 0 bridgehead atoms. The number of amides is 1. The third-order valence-electron chi connectivity index (χ3n) is 5.39. The molecule has 2 aromatic heterocycles. The van der Waals surface area contributed by atoms with Crippen LogP contribution in [-0.4, -0.2) is 41.4 Å². The summed E-state index contributed by atoms with van der Waals surface area (Å²) in [6, 6.07) is 6.75. The Labute approximate surface area is 147 Å². The van der Waals surface area contributed by atoms with Crippen LogP contribution in [-0.2, 0) is 17.8 Å². The number of carbonyl (C=O) groups is 1. The lowest BCUT2D eigenvalue weighted by Crippen LogP contribution is -2.56. The molecule has 0 radical (unpaired) electrons. The molecule has 1 amide bonds. The predicted octanol–water partition coefficient (Wildman–Crippen LogP) is 3.40. The van der Waals surface area contributed by atoms with Crippen molar-refractivity contribution in [2.75, 3.05) is 19.6 Å². The maximum atomic E-state index is 12.4. The fourth-order valence-electron chi connectivity index (χ4n) is 4.19. The van der Waals surface area contributed by atoms with E-state index in [0.717, 1.165) is 45.4 Å². The zero-order valence-electron chi connectivity index (χ0n) is 13.9. The molecule has 0 saturated carbocycles. The van der Waals surface area contributed by atoms with E-state index in [1.807, 2.05) is 12.3 Å². The summed E-state index contributed by atoms with van der Waals surface area (Å²) >= 11 is 1.79. The standard InChI is InChI=1S/C19H24N2O2S/c22-19-4-3-16-13-20(12-15-7-10-23-14-15)8-6-18(16)21(19)9-5-17-2-1-11-24-17/h1-2,7,10-11,14,16,18H,3-6,8-9,12-13H2/t16-,18+/m0/s1. The molecule has 5 heteroatoms. The van der Waals surface area contributed by atoms with Gasteiger partial charge in [-0.05, 0) is 42.7 Å². The second kappa shape index (κ2) is 7.11. The van der Waals surface area contributed by atoms with Crippen molar-refractivity contribution >= 4 is 17.2 Å². The van der Waals surface area contributed by atoms with Crippen LogP contribution in [0.5, 0.6) is 0 Å². The zero-order chi connectivity index (χ0) is 16.4. The van der Waals surface area contributed by atoms with Crippen LogP contribution in [0.15, 0.2) is 40.5 Å². The van der Waals surface area contributed by atoms with Crippen LogP contribution in [0.25, 0.3) is 0 Å². The van der Waals surface area contributed by atoms with Gasteiger partial charge in [0.25, 0.3) is 0 Å². The molecule has 0 unspecified atom stereocenters. The fourth-order valence-corrected chi connectivity index (χ4v) is 4.89. The van der Waals surface area contributed by atoms with Crippen molar-refractivity contribution in [1.82, 2.24) is 9.80 Å². The first-order valence-electron chi connectivity index (χ1n) is 8.85. The highest BCUT2D eigenvalue weighted by Gasteiger charge is 2.38. The summed E-state index contributed by atoms with van der Waals surface area (Å²) in [5, 5.41) is 2.12. The van der Waals surface area contributed by atoms with Gasteiger partial charge in [-0.15, -0.1) is 11.3 Å². The molecule has 2 atom stereocenters. The third kappa shape index (κ3) is 3.42. The van der Waals surface area contributed by atoms with Crippen LogP contribution in [0.2, 0.25) is 0 Å². The van der Waals surface area contributed by atoms with E-state index in [1.54, 1.807) is 17.6 Å². The van der Waals surface area contributed by atoms with Crippen LogP contribution < -0.4 is 0 Å². The van der Waals surface area contributed by atoms with E-state index in [2.05, 4.69) is 27.3 Å². The SMILES string of the molecule is O=C1CC[C@H]2CN(Cc3ccoc3)CC[C@H]2N1CCc1cccs1. The number of piperidine rings is 2. The molecule has 2 aliphatic heterocycles. The number of fused-ring (bicyclic) bond motifs is 1. The minimum absolute atomic E-state index is 0.357. The van der Waals surface area contributed by atoms with Crippen molar-refractivity contribution in [2.45, 2.75) is 38.3 Å². The number of furan rings is 1. The highest BCUT2D eigenvalue weighted by Crippen LogP contribution is 2.32. The van der Waals surface area contributed by atoms with Crippen LogP contribution in [0, 0.1) is 5.92 Å². The Hall–Kier alpha value is -1.59. The summed E-state index contributed by atoms with van der Waals surface area (Å²) in [5.74, 6) is 0.975. The van der Waals surface area contributed by atoms with Gasteiger partial charge >= 0.3 is 0 Å². The number of hydrogen-bond acceptors (Lipinski definition) is 4. The Morgan fingerprint density at radius 3 is 3.04 bits per heavy atom. The normalized spacial score (nSPS) is 25.0. The van der Waals surface area contributed by atoms with E-state index >= 15 is 0 Å². The summed E-state index contributed by atoms with van der Waals surface area (Å²) in [6.07, 6.45) is 7.42. The van der Waals surface area contributed by atoms with Gasteiger partial charge in [-0.1, -0.05) is 6.07 Å². The van der Waals surface area contributed by atoms with Crippen molar-refractivity contribution in [2.24, 2.45) is 5.92 Å². The quantitative estimate of drug-likeness (QED) is 0.834. The van der Waals surface area contributed by atoms with Crippen LogP contribution in [0.4, 0.5) is 0 Å². The molecule has 2 fully saturated rings. The molecule has 2 aliphatic rings. The van der Waals surface area contributed by atoms with Crippen molar-refractivity contribution in [1.29, 1.82) is 0 Å². The molecular weight excluding hydrogens is 320 g/mol.